The van der Waals surface area contributed by atoms with Crippen molar-refractivity contribution in [1.29, 1.82) is 0 Å². The number of rotatable bonds is 3. The van der Waals surface area contributed by atoms with Gasteiger partial charge in [0, 0.05) is 24.3 Å². The quantitative estimate of drug-likeness (QED) is 0.876. The fourth-order valence-electron chi connectivity index (χ4n) is 3.68. The largest absolute Gasteiger partial charge is 0.393 e. The highest BCUT2D eigenvalue weighted by molar-refractivity contribution is 5.89. The molecule has 0 bridgehead atoms. The molecule has 24 heavy (non-hydrogen) atoms. The van der Waals surface area contributed by atoms with Gasteiger partial charge >= 0.3 is 12.2 Å². The molecule has 1 heterocycles. The van der Waals surface area contributed by atoms with Crippen molar-refractivity contribution in [3.8, 4) is 0 Å². The van der Waals surface area contributed by atoms with Crippen molar-refractivity contribution in [2.45, 2.75) is 50.4 Å². The van der Waals surface area contributed by atoms with E-state index < -0.39 is 12.6 Å². The van der Waals surface area contributed by atoms with Crippen LogP contribution in [0, 0.1) is 5.92 Å². The van der Waals surface area contributed by atoms with E-state index in [0.29, 0.717) is 11.6 Å². The van der Waals surface area contributed by atoms with Gasteiger partial charge in [0.15, 0.2) is 0 Å². The minimum Gasteiger partial charge on any atom is -0.378 e. The lowest BCUT2D eigenvalue weighted by molar-refractivity contribution is -0.127. The van der Waals surface area contributed by atoms with Crippen molar-refractivity contribution in [3.63, 3.8) is 0 Å². The number of carbonyl (C=O) groups excluding carboxylic acids is 1. The Morgan fingerprint density at radius 2 is 2.08 bits per heavy atom. The molecule has 0 unspecified atom stereocenters. The summed E-state index contributed by atoms with van der Waals surface area (Å²) in [5.41, 5.74) is 0.492. The minimum absolute atomic E-state index is 0.0598. The summed E-state index contributed by atoms with van der Waals surface area (Å²) >= 11 is 0. The molecule has 2 aliphatic rings. The Balaban J connectivity index is 1.57. The molecule has 0 radical (unpaired) electrons. The highest BCUT2D eigenvalue weighted by Gasteiger charge is 2.38. The minimum atomic E-state index is -4.26. The number of hydrogen-bond acceptors (Lipinski definition) is 2. The maximum absolute atomic E-state index is 12.5. The van der Waals surface area contributed by atoms with Crippen LogP contribution in [0.25, 0.3) is 0 Å². The van der Waals surface area contributed by atoms with Gasteiger partial charge in [0.05, 0.1) is 12.5 Å². The Labute approximate surface area is 138 Å². The summed E-state index contributed by atoms with van der Waals surface area (Å²) in [6, 6.07) is 5.54. The van der Waals surface area contributed by atoms with Crippen LogP contribution in [0.2, 0.25) is 0 Å². The second kappa shape index (κ2) is 7.01. The molecule has 0 aromatic heterocycles. The van der Waals surface area contributed by atoms with Crippen molar-refractivity contribution in [2.24, 2.45) is 5.92 Å². The fraction of sp³-hybridized carbons (Fsp3) is 0.588. The zero-order valence-corrected chi connectivity index (χ0v) is 13.2. The molecule has 2 amide bonds. The number of fused-ring (bicyclic) bond motifs is 1. The van der Waals surface area contributed by atoms with Gasteiger partial charge in [0.2, 0.25) is 0 Å². The number of halogens is 3. The van der Waals surface area contributed by atoms with E-state index in [1.165, 1.54) is 18.2 Å². The molecule has 1 aliphatic carbocycles. The molecule has 1 saturated heterocycles. The molecule has 2 N–H and O–H groups in total. The van der Waals surface area contributed by atoms with Gasteiger partial charge in [-0.1, -0.05) is 12.1 Å². The molecular formula is C17H21F3N2O2. The zero-order valence-electron chi connectivity index (χ0n) is 13.2. The molecule has 7 heteroatoms. The van der Waals surface area contributed by atoms with E-state index >= 15 is 0 Å². The van der Waals surface area contributed by atoms with Gasteiger partial charge in [-0.15, -0.1) is 0 Å². The molecule has 1 saturated carbocycles. The molecule has 1 aromatic carbocycles. The number of nitrogens with one attached hydrogen (secondary N) is 2. The van der Waals surface area contributed by atoms with Crippen LogP contribution in [0.1, 0.15) is 31.2 Å². The van der Waals surface area contributed by atoms with E-state index in [0.717, 1.165) is 32.3 Å². The van der Waals surface area contributed by atoms with Crippen LogP contribution in [-0.4, -0.2) is 31.0 Å². The summed E-state index contributed by atoms with van der Waals surface area (Å²) in [7, 11) is 0. The molecule has 1 aliphatic heterocycles. The monoisotopic (exact) mass is 342 g/mol. The van der Waals surface area contributed by atoms with Crippen LogP contribution in [0.4, 0.5) is 23.7 Å². The van der Waals surface area contributed by atoms with Crippen molar-refractivity contribution in [2.75, 3.05) is 11.9 Å². The second-order valence-electron chi connectivity index (χ2n) is 6.49. The maximum Gasteiger partial charge on any atom is 0.393 e. The molecule has 0 spiro atoms. The maximum atomic E-state index is 12.5. The molecule has 3 atom stereocenters. The molecule has 1 aromatic rings. The van der Waals surface area contributed by atoms with Crippen LogP contribution >= 0.6 is 0 Å². The lowest BCUT2D eigenvalue weighted by Crippen LogP contribution is -2.47. The lowest BCUT2D eigenvalue weighted by Gasteiger charge is -2.33. The first-order chi connectivity index (χ1) is 11.4. The first kappa shape index (κ1) is 17.1. The predicted molar refractivity (Wildman–Crippen MR) is 83.8 cm³/mol. The average molecular weight is 342 g/mol. The third-order valence-electron chi connectivity index (χ3n) is 4.69. The Bertz CT molecular complexity index is 591. The smallest absolute Gasteiger partial charge is 0.378 e. The molecular weight excluding hydrogens is 321 g/mol. The number of urea groups is 1. The summed E-state index contributed by atoms with van der Waals surface area (Å²) in [6.07, 6.45) is -1.16. The van der Waals surface area contributed by atoms with Gasteiger partial charge in [0.25, 0.3) is 0 Å². The SMILES string of the molecule is O=C(Nc1cccc(CC(F)(F)F)c1)N[C@@H]1CCC[C@@H]2OCC[C@H]21. The van der Waals surface area contributed by atoms with Crippen molar-refractivity contribution >= 4 is 11.7 Å². The van der Waals surface area contributed by atoms with E-state index in [1.54, 1.807) is 6.07 Å². The summed E-state index contributed by atoms with van der Waals surface area (Å²) in [4.78, 5) is 12.2. The Morgan fingerprint density at radius 3 is 2.88 bits per heavy atom. The molecule has 4 nitrogen and oxygen atoms in total. The number of anilines is 1. The van der Waals surface area contributed by atoms with E-state index in [-0.39, 0.29) is 23.7 Å². The third kappa shape index (κ3) is 4.41. The van der Waals surface area contributed by atoms with Crippen LogP contribution in [0.5, 0.6) is 0 Å². The predicted octanol–water partition coefficient (Wildman–Crippen LogP) is 3.87. The van der Waals surface area contributed by atoms with Gasteiger partial charge < -0.3 is 15.4 Å². The van der Waals surface area contributed by atoms with Gasteiger partial charge in [-0.05, 0) is 43.4 Å². The zero-order chi connectivity index (χ0) is 17.2. The number of carbonyl (C=O) groups is 1. The Kier molecular flexibility index (Phi) is 4.99. The van der Waals surface area contributed by atoms with Gasteiger partial charge in [0.1, 0.15) is 0 Å². The first-order valence-corrected chi connectivity index (χ1v) is 8.25. The summed E-state index contributed by atoms with van der Waals surface area (Å²) in [6.45, 7) is 0.731. The standard InChI is InChI=1S/C17H21F3N2O2/c18-17(19,20)10-11-3-1-4-12(9-11)21-16(23)22-14-5-2-6-15-13(14)7-8-24-15/h1,3-4,9,13-15H,2,5-8,10H2,(H2,21,22,23)/t13-,14+,15-/m0/s1. The van der Waals surface area contributed by atoms with Crippen molar-refractivity contribution < 1.29 is 22.7 Å². The lowest BCUT2D eigenvalue weighted by atomic mass is 9.82. The van der Waals surface area contributed by atoms with Gasteiger partial charge in [-0.2, -0.15) is 13.2 Å². The Hall–Kier alpha value is -1.76. The molecule has 3 rings (SSSR count). The summed E-state index contributed by atoms with van der Waals surface area (Å²) in [5.74, 6) is 0.334. The third-order valence-corrected chi connectivity index (χ3v) is 4.69. The van der Waals surface area contributed by atoms with Crippen LogP contribution in [-0.2, 0) is 11.2 Å². The normalized spacial score (nSPS) is 26.7. The van der Waals surface area contributed by atoms with Crippen LogP contribution in [0.15, 0.2) is 24.3 Å². The van der Waals surface area contributed by atoms with E-state index in [4.69, 9.17) is 4.74 Å². The highest BCUT2D eigenvalue weighted by atomic mass is 19.4. The highest BCUT2D eigenvalue weighted by Crippen LogP contribution is 2.34. The van der Waals surface area contributed by atoms with E-state index in [9.17, 15) is 18.0 Å². The summed E-state index contributed by atoms with van der Waals surface area (Å²) < 4.78 is 43.0. The fourth-order valence-corrected chi connectivity index (χ4v) is 3.68. The number of ether oxygens (including phenoxy) is 1. The topological polar surface area (TPSA) is 50.4 Å². The van der Waals surface area contributed by atoms with Gasteiger partial charge in [-0.25, -0.2) is 4.79 Å². The average Bonchev–Trinajstić information content (AvgIpc) is 2.95. The number of benzene rings is 1. The molecule has 2 fully saturated rings. The number of amides is 2. The van der Waals surface area contributed by atoms with Crippen LogP contribution < -0.4 is 10.6 Å². The van der Waals surface area contributed by atoms with Crippen molar-refractivity contribution in [3.05, 3.63) is 29.8 Å². The van der Waals surface area contributed by atoms with Gasteiger partial charge in [-0.3, -0.25) is 0 Å². The number of hydrogen-bond donors (Lipinski definition) is 2. The first-order valence-electron chi connectivity index (χ1n) is 8.25. The van der Waals surface area contributed by atoms with Crippen molar-refractivity contribution in [1.82, 2.24) is 5.32 Å². The number of alkyl halides is 3. The van der Waals surface area contributed by atoms with Crippen LogP contribution in [0.3, 0.4) is 0 Å². The van der Waals surface area contributed by atoms with E-state index in [1.807, 2.05) is 0 Å². The Morgan fingerprint density at radius 1 is 1.25 bits per heavy atom. The van der Waals surface area contributed by atoms with E-state index in [2.05, 4.69) is 10.6 Å². The molecule has 132 valence electrons. The summed E-state index contributed by atoms with van der Waals surface area (Å²) in [5, 5.41) is 5.59. The second-order valence-corrected chi connectivity index (χ2v) is 6.49.